The van der Waals surface area contributed by atoms with E-state index in [2.05, 4.69) is 13.8 Å². The molecular formula is C29H39Cl3O. The first-order valence-corrected chi connectivity index (χ1v) is 12.7. The van der Waals surface area contributed by atoms with E-state index in [-0.39, 0.29) is 0 Å². The molecule has 0 aliphatic carbocycles. The van der Waals surface area contributed by atoms with Gasteiger partial charge in [0, 0.05) is 28.3 Å². The van der Waals surface area contributed by atoms with Gasteiger partial charge in [-0.2, -0.15) is 0 Å². The minimum atomic E-state index is 0.801. The molecule has 0 fully saturated rings. The summed E-state index contributed by atoms with van der Waals surface area (Å²) in [5.41, 5.74) is 3.58. The Kier molecular flexibility index (Phi) is 20.1. The van der Waals surface area contributed by atoms with Gasteiger partial charge in [0.25, 0.3) is 0 Å². The van der Waals surface area contributed by atoms with Crippen LogP contribution in [0.15, 0.2) is 72.8 Å². The highest BCUT2D eigenvalue weighted by Crippen LogP contribution is 2.12. The molecule has 0 aromatic heterocycles. The molecule has 3 rings (SSSR count). The summed E-state index contributed by atoms with van der Waals surface area (Å²) < 4.78 is 5.31. The van der Waals surface area contributed by atoms with Crippen LogP contribution in [0.1, 0.15) is 56.2 Å². The Morgan fingerprint density at radius 1 is 0.606 bits per heavy atom. The van der Waals surface area contributed by atoms with Crippen LogP contribution in [0.4, 0.5) is 0 Å². The highest BCUT2D eigenvalue weighted by atomic mass is 35.5. The van der Waals surface area contributed by atoms with Gasteiger partial charge in [-0.15, -0.1) is 0 Å². The van der Waals surface area contributed by atoms with E-state index in [1.54, 1.807) is 0 Å². The third-order valence-electron chi connectivity index (χ3n) is 4.35. The molecule has 1 nitrogen and oxygen atoms in total. The third kappa shape index (κ3) is 19.6. The molecule has 0 atom stereocenters. The maximum absolute atomic E-state index is 5.71. The van der Waals surface area contributed by atoms with Crippen LogP contribution in [-0.2, 0) is 4.74 Å². The van der Waals surface area contributed by atoms with Gasteiger partial charge in [0.15, 0.2) is 0 Å². The largest absolute Gasteiger partial charge is 0.381 e. The van der Waals surface area contributed by atoms with Gasteiger partial charge in [-0.05, 0) is 75.1 Å². The number of benzene rings is 3. The van der Waals surface area contributed by atoms with Crippen molar-refractivity contribution < 1.29 is 4.74 Å². The molecule has 182 valence electrons. The molecule has 33 heavy (non-hydrogen) atoms. The van der Waals surface area contributed by atoms with Crippen LogP contribution in [0.2, 0.25) is 15.1 Å². The average molecular weight is 510 g/mol. The summed E-state index contributed by atoms with van der Waals surface area (Å²) in [5.74, 6) is 0. The van der Waals surface area contributed by atoms with Crippen LogP contribution in [0.5, 0.6) is 0 Å². The first kappa shape index (κ1) is 31.5. The SMILES string of the molecule is CCCCOCCCC.Cc1ccc(Cl)cc1.Cc1cccc(Cl)c1.Cc1ccccc1Cl. The van der Waals surface area contributed by atoms with Gasteiger partial charge in [-0.1, -0.05) is 110 Å². The summed E-state index contributed by atoms with van der Waals surface area (Å²) in [6, 6.07) is 23.3. The van der Waals surface area contributed by atoms with Crippen LogP contribution >= 0.6 is 34.8 Å². The zero-order valence-corrected chi connectivity index (χ0v) is 23.0. The van der Waals surface area contributed by atoms with Crippen molar-refractivity contribution in [3.8, 4) is 0 Å². The van der Waals surface area contributed by atoms with Crippen molar-refractivity contribution in [2.24, 2.45) is 0 Å². The maximum atomic E-state index is 5.71. The molecule has 0 N–H and O–H groups in total. The van der Waals surface area contributed by atoms with Crippen LogP contribution in [0, 0.1) is 20.8 Å². The first-order chi connectivity index (χ1) is 15.8. The van der Waals surface area contributed by atoms with E-state index in [1.165, 1.54) is 36.8 Å². The summed E-state index contributed by atoms with van der Waals surface area (Å²) in [4.78, 5) is 0. The van der Waals surface area contributed by atoms with Gasteiger partial charge >= 0.3 is 0 Å². The van der Waals surface area contributed by atoms with Gasteiger partial charge in [-0.25, -0.2) is 0 Å². The zero-order chi connectivity index (χ0) is 24.9. The van der Waals surface area contributed by atoms with Crippen LogP contribution in [0.3, 0.4) is 0 Å². The van der Waals surface area contributed by atoms with Crippen LogP contribution in [0.25, 0.3) is 0 Å². The summed E-state index contributed by atoms with van der Waals surface area (Å²) in [7, 11) is 0. The molecule has 0 saturated carbocycles. The highest BCUT2D eigenvalue weighted by Gasteiger charge is 1.87. The van der Waals surface area contributed by atoms with Gasteiger partial charge in [0.05, 0.1) is 0 Å². The summed E-state index contributed by atoms with van der Waals surface area (Å²) >= 11 is 17.0. The molecule has 3 aromatic carbocycles. The Morgan fingerprint density at radius 2 is 1.18 bits per heavy atom. The number of ether oxygens (including phenoxy) is 1. The smallest absolute Gasteiger partial charge is 0.0465 e. The lowest BCUT2D eigenvalue weighted by Crippen LogP contribution is -1.95. The van der Waals surface area contributed by atoms with Crippen molar-refractivity contribution in [2.45, 2.75) is 60.3 Å². The molecule has 0 amide bonds. The van der Waals surface area contributed by atoms with E-state index in [4.69, 9.17) is 39.5 Å². The Balaban J connectivity index is 0.000000414. The molecule has 0 aliphatic heterocycles. The second-order valence-corrected chi connectivity index (χ2v) is 8.94. The van der Waals surface area contributed by atoms with E-state index in [0.717, 1.165) is 33.8 Å². The normalized spacial score (nSPS) is 9.45. The van der Waals surface area contributed by atoms with Gasteiger partial charge < -0.3 is 4.74 Å². The molecule has 0 bridgehead atoms. The molecule has 0 heterocycles. The summed E-state index contributed by atoms with van der Waals surface area (Å²) in [6.45, 7) is 12.3. The Bertz CT molecular complexity index is 782. The minimum Gasteiger partial charge on any atom is -0.381 e. The van der Waals surface area contributed by atoms with E-state index < -0.39 is 0 Å². The minimum absolute atomic E-state index is 0.801. The fourth-order valence-electron chi connectivity index (χ4n) is 2.28. The van der Waals surface area contributed by atoms with Crippen molar-refractivity contribution in [1.82, 2.24) is 0 Å². The zero-order valence-electron chi connectivity index (χ0n) is 20.7. The molecule has 0 aliphatic rings. The van der Waals surface area contributed by atoms with E-state index in [0.29, 0.717) is 0 Å². The fraction of sp³-hybridized carbons (Fsp3) is 0.379. The standard InChI is InChI=1S/C8H18O.3C7H7Cl/c1-3-5-7-9-8-6-4-2;1-6-2-4-7(8)5-3-6;1-6-3-2-4-7(8)5-6;1-6-4-2-3-5-7(6)8/h3-8H2,1-2H3;3*2-5H,1H3. The van der Waals surface area contributed by atoms with Crippen LogP contribution in [-0.4, -0.2) is 13.2 Å². The Hall–Kier alpha value is -1.51. The van der Waals surface area contributed by atoms with Gasteiger partial charge in [-0.3, -0.25) is 0 Å². The number of hydrogen-bond donors (Lipinski definition) is 0. The maximum Gasteiger partial charge on any atom is 0.0465 e. The van der Waals surface area contributed by atoms with Crippen molar-refractivity contribution in [1.29, 1.82) is 0 Å². The highest BCUT2D eigenvalue weighted by molar-refractivity contribution is 6.31. The molecule has 0 radical (unpaired) electrons. The quantitative estimate of drug-likeness (QED) is 0.300. The predicted molar refractivity (Wildman–Crippen MR) is 149 cm³/mol. The Morgan fingerprint density at radius 3 is 1.55 bits per heavy atom. The van der Waals surface area contributed by atoms with Crippen molar-refractivity contribution in [3.63, 3.8) is 0 Å². The molecular weight excluding hydrogens is 471 g/mol. The number of hydrogen-bond acceptors (Lipinski definition) is 1. The topological polar surface area (TPSA) is 9.23 Å². The van der Waals surface area contributed by atoms with Crippen LogP contribution < -0.4 is 0 Å². The van der Waals surface area contributed by atoms with E-state index in [1.807, 2.05) is 93.6 Å². The van der Waals surface area contributed by atoms with E-state index in [9.17, 15) is 0 Å². The van der Waals surface area contributed by atoms with Crippen molar-refractivity contribution in [2.75, 3.05) is 13.2 Å². The number of aryl methyl sites for hydroxylation is 3. The van der Waals surface area contributed by atoms with Gasteiger partial charge in [0.1, 0.15) is 0 Å². The molecule has 4 heteroatoms. The third-order valence-corrected chi connectivity index (χ3v) is 5.26. The lowest BCUT2D eigenvalue weighted by Gasteiger charge is -1.99. The lowest BCUT2D eigenvalue weighted by atomic mass is 10.2. The van der Waals surface area contributed by atoms with E-state index >= 15 is 0 Å². The average Bonchev–Trinajstić information content (AvgIpc) is 2.79. The lowest BCUT2D eigenvalue weighted by molar-refractivity contribution is 0.128. The summed E-state index contributed by atoms with van der Waals surface area (Å²) in [5, 5.41) is 2.45. The number of rotatable bonds is 6. The predicted octanol–water partition coefficient (Wildman–Crippen LogP) is 10.5. The molecule has 3 aromatic rings. The van der Waals surface area contributed by atoms with Gasteiger partial charge in [0.2, 0.25) is 0 Å². The molecule has 0 spiro atoms. The monoisotopic (exact) mass is 508 g/mol. The Labute approximate surface area is 217 Å². The second-order valence-electron chi connectivity index (χ2n) is 7.66. The molecule has 0 unspecified atom stereocenters. The fourth-order valence-corrected chi connectivity index (χ4v) is 2.79. The molecule has 0 saturated heterocycles. The van der Waals surface area contributed by atoms with Crippen molar-refractivity contribution in [3.05, 3.63) is 105 Å². The summed E-state index contributed by atoms with van der Waals surface area (Å²) in [6.07, 6.45) is 4.91. The number of unbranched alkanes of at least 4 members (excludes halogenated alkanes) is 2. The first-order valence-electron chi connectivity index (χ1n) is 11.5. The van der Waals surface area contributed by atoms with Crippen molar-refractivity contribution >= 4 is 34.8 Å². The number of halogens is 3. The second kappa shape index (κ2) is 21.1.